The van der Waals surface area contributed by atoms with Gasteiger partial charge in [0.05, 0.1) is 7.11 Å². The number of carbonyl (C=O) groups is 2. The number of amides is 1. The molecule has 0 aliphatic carbocycles. The summed E-state index contributed by atoms with van der Waals surface area (Å²) in [4.78, 5) is 23.1. The Kier molecular flexibility index (Phi) is 7.08. The number of carbonyl (C=O) groups excluding carboxylic acids is 2. The lowest BCUT2D eigenvalue weighted by atomic mass is 10.1. The lowest BCUT2D eigenvalue weighted by Gasteiger charge is -2.08. The first-order valence-corrected chi connectivity index (χ1v) is 7.47. The van der Waals surface area contributed by atoms with E-state index in [0.29, 0.717) is 12.1 Å². The summed E-state index contributed by atoms with van der Waals surface area (Å²) in [5.74, 6) is -0.927. The lowest BCUT2D eigenvalue weighted by molar-refractivity contribution is -0.116. The van der Waals surface area contributed by atoms with E-state index in [2.05, 4.69) is 26.0 Å². The van der Waals surface area contributed by atoms with Crippen molar-refractivity contribution in [1.82, 2.24) is 0 Å². The highest BCUT2D eigenvalue weighted by atomic mass is 79.9. The molecule has 1 aromatic rings. The van der Waals surface area contributed by atoms with Crippen LogP contribution in [0.4, 0.5) is 5.69 Å². The second-order valence-corrected chi connectivity index (χ2v) is 5.06. The standard InChI is InChI=1S/C14H18BrNO4/c1-20-14(19)11-9-10(6-7-12(11)17)16-13(18)5-3-2-4-8-15/h6-7,9,17H,2-5,8H2,1H3,(H,16,18). The van der Waals surface area contributed by atoms with E-state index in [4.69, 9.17) is 0 Å². The van der Waals surface area contributed by atoms with Crippen molar-refractivity contribution in [2.24, 2.45) is 0 Å². The fourth-order valence-electron chi connectivity index (χ4n) is 1.67. The van der Waals surface area contributed by atoms with Crippen molar-refractivity contribution in [1.29, 1.82) is 0 Å². The number of phenolic OH excluding ortho intramolecular Hbond substituents is 1. The Hall–Kier alpha value is -1.56. The van der Waals surface area contributed by atoms with Gasteiger partial charge >= 0.3 is 5.97 Å². The molecular formula is C14H18BrNO4. The molecule has 0 aliphatic heterocycles. The first kappa shape index (κ1) is 16.5. The Balaban J connectivity index is 2.59. The lowest BCUT2D eigenvalue weighted by Crippen LogP contribution is -2.12. The minimum Gasteiger partial charge on any atom is -0.507 e. The van der Waals surface area contributed by atoms with E-state index in [1.165, 1.54) is 25.3 Å². The SMILES string of the molecule is COC(=O)c1cc(NC(=O)CCCCCBr)ccc1O. The molecule has 0 unspecified atom stereocenters. The second kappa shape index (κ2) is 8.58. The summed E-state index contributed by atoms with van der Waals surface area (Å²) in [6, 6.07) is 4.29. The smallest absolute Gasteiger partial charge is 0.341 e. The maximum Gasteiger partial charge on any atom is 0.341 e. The van der Waals surface area contributed by atoms with E-state index in [0.717, 1.165) is 24.6 Å². The molecule has 1 amide bonds. The molecule has 110 valence electrons. The van der Waals surface area contributed by atoms with Gasteiger partial charge in [-0.2, -0.15) is 0 Å². The predicted octanol–water partition coefficient (Wildman–Crippen LogP) is 3.07. The zero-order valence-corrected chi connectivity index (χ0v) is 12.9. The number of phenols is 1. The molecule has 0 saturated heterocycles. The summed E-state index contributed by atoms with van der Waals surface area (Å²) in [6.07, 6.45) is 3.28. The van der Waals surface area contributed by atoms with Crippen molar-refractivity contribution in [3.8, 4) is 5.75 Å². The van der Waals surface area contributed by atoms with Gasteiger partial charge in [-0.05, 0) is 31.0 Å². The number of methoxy groups -OCH3 is 1. The van der Waals surface area contributed by atoms with Crippen LogP contribution in [0, 0.1) is 0 Å². The first-order chi connectivity index (χ1) is 9.58. The number of alkyl halides is 1. The third-order valence-corrected chi connectivity index (χ3v) is 3.28. The van der Waals surface area contributed by atoms with Crippen molar-refractivity contribution < 1.29 is 19.4 Å². The van der Waals surface area contributed by atoms with Crippen molar-refractivity contribution in [2.75, 3.05) is 17.8 Å². The fraction of sp³-hybridized carbons (Fsp3) is 0.429. The number of aromatic hydroxyl groups is 1. The minimum atomic E-state index is -0.643. The van der Waals surface area contributed by atoms with E-state index < -0.39 is 5.97 Å². The maximum atomic E-state index is 11.7. The third kappa shape index (κ3) is 5.21. The summed E-state index contributed by atoms with van der Waals surface area (Å²) in [5.41, 5.74) is 0.498. The van der Waals surface area contributed by atoms with Gasteiger partial charge in [-0.3, -0.25) is 4.79 Å². The highest BCUT2D eigenvalue weighted by Crippen LogP contribution is 2.22. The van der Waals surface area contributed by atoms with Gasteiger partial charge in [0.1, 0.15) is 11.3 Å². The molecule has 0 spiro atoms. The molecular weight excluding hydrogens is 326 g/mol. The van der Waals surface area contributed by atoms with Crippen LogP contribution >= 0.6 is 15.9 Å². The molecule has 0 atom stereocenters. The minimum absolute atomic E-state index is 0.0320. The van der Waals surface area contributed by atoms with Crippen LogP contribution < -0.4 is 5.32 Å². The zero-order valence-electron chi connectivity index (χ0n) is 11.3. The molecule has 20 heavy (non-hydrogen) atoms. The molecule has 0 radical (unpaired) electrons. The summed E-state index contributed by atoms with van der Waals surface area (Å²) >= 11 is 3.34. The number of halogens is 1. The van der Waals surface area contributed by atoms with Gasteiger partial charge in [-0.25, -0.2) is 4.79 Å². The summed E-state index contributed by atoms with van der Waals surface area (Å²) in [6.45, 7) is 0. The number of hydrogen-bond donors (Lipinski definition) is 2. The van der Waals surface area contributed by atoms with Gasteiger partial charge in [0.2, 0.25) is 5.91 Å². The molecule has 1 rings (SSSR count). The highest BCUT2D eigenvalue weighted by molar-refractivity contribution is 9.09. The molecule has 6 heteroatoms. The number of hydrogen-bond acceptors (Lipinski definition) is 4. The summed E-state index contributed by atoms with van der Waals surface area (Å²) in [5, 5.41) is 13.2. The molecule has 0 saturated carbocycles. The average Bonchev–Trinajstić information content (AvgIpc) is 2.45. The normalized spacial score (nSPS) is 10.1. The Morgan fingerprint density at radius 1 is 1.30 bits per heavy atom. The van der Waals surface area contributed by atoms with Crippen molar-refractivity contribution in [3.05, 3.63) is 23.8 Å². The van der Waals surface area contributed by atoms with Gasteiger partial charge < -0.3 is 15.2 Å². The molecule has 0 heterocycles. The van der Waals surface area contributed by atoms with E-state index >= 15 is 0 Å². The van der Waals surface area contributed by atoms with Crippen LogP contribution in [0.25, 0.3) is 0 Å². The van der Waals surface area contributed by atoms with Crippen LogP contribution in [0.3, 0.4) is 0 Å². The van der Waals surface area contributed by atoms with Crippen LogP contribution in [0.1, 0.15) is 36.0 Å². The van der Waals surface area contributed by atoms with Crippen LogP contribution in [0.2, 0.25) is 0 Å². The van der Waals surface area contributed by atoms with E-state index in [-0.39, 0.29) is 17.2 Å². The molecule has 1 aromatic carbocycles. The third-order valence-electron chi connectivity index (χ3n) is 2.72. The molecule has 0 aliphatic rings. The summed E-state index contributed by atoms with van der Waals surface area (Å²) in [7, 11) is 1.23. The van der Waals surface area contributed by atoms with Gasteiger partial charge in [-0.15, -0.1) is 0 Å². The van der Waals surface area contributed by atoms with Crippen molar-refractivity contribution in [3.63, 3.8) is 0 Å². The van der Waals surface area contributed by atoms with Gasteiger partial charge in [0.25, 0.3) is 0 Å². The molecule has 0 fully saturated rings. The number of nitrogens with one attached hydrogen (secondary N) is 1. The van der Waals surface area contributed by atoms with Crippen molar-refractivity contribution in [2.45, 2.75) is 25.7 Å². The largest absolute Gasteiger partial charge is 0.507 e. The van der Waals surface area contributed by atoms with E-state index in [9.17, 15) is 14.7 Å². The Labute approximate surface area is 126 Å². The van der Waals surface area contributed by atoms with Gasteiger partial charge in [0, 0.05) is 17.4 Å². The highest BCUT2D eigenvalue weighted by Gasteiger charge is 2.13. The predicted molar refractivity (Wildman–Crippen MR) is 80.3 cm³/mol. The Bertz CT molecular complexity index is 476. The van der Waals surface area contributed by atoms with Crippen LogP contribution in [-0.4, -0.2) is 29.4 Å². The van der Waals surface area contributed by atoms with Crippen LogP contribution in [-0.2, 0) is 9.53 Å². The number of ether oxygens (including phenoxy) is 1. The monoisotopic (exact) mass is 343 g/mol. The maximum absolute atomic E-state index is 11.7. The first-order valence-electron chi connectivity index (χ1n) is 6.35. The van der Waals surface area contributed by atoms with E-state index in [1.807, 2.05) is 0 Å². The van der Waals surface area contributed by atoms with E-state index in [1.54, 1.807) is 0 Å². The molecule has 2 N–H and O–H groups in total. The summed E-state index contributed by atoms with van der Waals surface area (Å²) < 4.78 is 4.55. The quantitative estimate of drug-likeness (QED) is 0.345. The number of esters is 1. The number of unbranched alkanes of at least 4 members (excludes halogenated alkanes) is 2. The van der Waals surface area contributed by atoms with Crippen LogP contribution in [0.15, 0.2) is 18.2 Å². The number of benzene rings is 1. The van der Waals surface area contributed by atoms with Gasteiger partial charge in [0.15, 0.2) is 0 Å². The Morgan fingerprint density at radius 2 is 2.05 bits per heavy atom. The fourth-order valence-corrected chi connectivity index (χ4v) is 2.06. The molecule has 0 bridgehead atoms. The average molecular weight is 344 g/mol. The Morgan fingerprint density at radius 3 is 2.70 bits per heavy atom. The second-order valence-electron chi connectivity index (χ2n) is 4.27. The molecule has 0 aromatic heterocycles. The zero-order chi connectivity index (χ0) is 15.0. The van der Waals surface area contributed by atoms with Crippen molar-refractivity contribution >= 4 is 33.5 Å². The van der Waals surface area contributed by atoms with Crippen LogP contribution in [0.5, 0.6) is 5.75 Å². The number of rotatable bonds is 7. The number of anilines is 1. The molecule has 5 nitrogen and oxygen atoms in total. The topological polar surface area (TPSA) is 75.6 Å². The van der Waals surface area contributed by atoms with Gasteiger partial charge in [-0.1, -0.05) is 22.4 Å².